The molecule has 0 aliphatic carbocycles. The van der Waals surface area contributed by atoms with Crippen LogP contribution in [0.5, 0.6) is 0 Å². The molecule has 1 aliphatic rings. The van der Waals surface area contributed by atoms with Crippen molar-refractivity contribution in [1.82, 2.24) is 20.8 Å². The lowest BCUT2D eigenvalue weighted by Crippen LogP contribution is -2.34. The molecule has 1 aliphatic heterocycles. The van der Waals surface area contributed by atoms with E-state index in [2.05, 4.69) is 20.8 Å². The van der Waals surface area contributed by atoms with Gasteiger partial charge in [0.2, 0.25) is 5.91 Å². The van der Waals surface area contributed by atoms with Gasteiger partial charge in [0.1, 0.15) is 0 Å². The van der Waals surface area contributed by atoms with Crippen molar-refractivity contribution in [3.63, 3.8) is 0 Å². The summed E-state index contributed by atoms with van der Waals surface area (Å²) < 4.78 is 5.25. The second-order valence-corrected chi connectivity index (χ2v) is 5.82. The maximum atomic E-state index is 12.1. The molecule has 1 aromatic carbocycles. The minimum atomic E-state index is -0.294. The minimum Gasteiger partial charge on any atom is -0.346 e. The first-order valence-electron chi connectivity index (χ1n) is 7.24. The van der Waals surface area contributed by atoms with Crippen LogP contribution in [0.1, 0.15) is 25.2 Å². The smallest absolute Gasteiger partial charge is 0.257 e. The molecule has 6 nitrogen and oxygen atoms in total. The van der Waals surface area contributed by atoms with Crippen LogP contribution in [0.3, 0.4) is 0 Å². The summed E-state index contributed by atoms with van der Waals surface area (Å²) in [5.41, 5.74) is 0.793. The molecule has 0 spiro atoms. The zero-order valence-electron chi connectivity index (χ0n) is 12.6. The van der Waals surface area contributed by atoms with Crippen molar-refractivity contribution in [3.8, 4) is 11.5 Å². The van der Waals surface area contributed by atoms with E-state index >= 15 is 0 Å². The Hall–Kier alpha value is -1.63. The summed E-state index contributed by atoms with van der Waals surface area (Å²) in [5.74, 6) is 0.917. The SMILES string of the molecule is CC(NC(=O)C1CCNC1)c1noc(-c2ccc(Cl)cc2)n1.Cl. The Morgan fingerprint density at radius 1 is 1.43 bits per heavy atom. The van der Waals surface area contributed by atoms with Gasteiger partial charge in [0.25, 0.3) is 5.89 Å². The van der Waals surface area contributed by atoms with Gasteiger partial charge >= 0.3 is 0 Å². The second kappa shape index (κ2) is 7.77. The molecule has 8 heteroatoms. The summed E-state index contributed by atoms with van der Waals surface area (Å²) in [6, 6.07) is 6.86. The molecule has 0 saturated carbocycles. The van der Waals surface area contributed by atoms with Crippen LogP contribution in [0.4, 0.5) is 0 Å². The molecule has 2 atom stereocenters. The largest absolute Gasteiger partial charge is 0.346 e. The molecule has 3 rings (SSSR count). The van der Waals surface area contributed by atoms with Gasteiger partial charge in [-0.2, -0.15) is 4.98 Å². The van der Waals surface area contributed by atoms with Crippen LogP contribution in [0.15, 0.2) is 28.8 Å². The van der Waals surface area contributed by atoms with Gasteiger partial charge in [-0.1, -0.05) is 16.8 Å². The molecule has 1 fully saturated rings. The highest BCUT2D eigenvalue weighted by atomic mass is 35.5. The summed E-state index contributed by atoms with van der Waals surface area (Å²) in [5, 5.41) is 10.7. The van der Waals surface area contributed by atoms with E-state index < -0.39 is 0 Å². The van der Waals surface area contributed by atoms with Crippen LogP contribution < -0.4 is 10.6 Å². The third-order valence-electron chi connectivity index (χ3n) is 3.71. The Morgan fingerprint density at radius 3 is 2.83 bits per heavy atom. The van der Waals surface area contributed by atoms with Crippen molar-refractivity contribution in [2.75, 3.05) is 13.1 Å². The molecule has 0 radical (unpaired) electrons. The van der Waals surface area contributed by atoms with E-state index in [0.29, 0.717) is 16.7 Å². The third-order valence-corrected chi connectivity index (χ3v) is 3.96. The monoisotopic (exact) mass is 356 g/mol. The van der Waals surface area contributed by atoms with E-state index in [1.54, 1.807) is 12.1 Å². The first-order valence-corrected chi connectivity index (χ1v) is 7.62. The molecule has 2 heterocycles. The number of nitrogens with zero attached hydrogens (tertiary/aromatic N) is 2. The van der Waals surface area contributed by atoms with Crippen molar-refractivity contribution in [2.24, 2.45) is 5.92 Å². The molecule has 1 aromatic heterocycles. The zero-order valence-corrected chi connectivity index (χ0v) is 14.2. The van der Waals surface area contributed by atoms with Crippen LogP contribution in [0, 0.1) is 5.92 Å². The fourth-order valence-electron chi connectivity index (χ4n) is 2.39. The summed E-state index contributed by atoms with van der Waals surface area (Å²) >= 11 is 5.86. The highest BCUT2D eigenvalue weighted by Crippen LogP contribution is 2.21. The van der Waals surface area contributed by atoms with Gasteiger partial charge in [0, 0.05) is 17.1 Å². The first kappa shape index (κ1) is 17.7. The van der Waals surface area contributed by atoms with E-state index in [4.69, 9.17) is 16.1 Å². The van der Waals surface area contributed by atoms with Gasteiger partial charge in [-0.15, -0.1) is 12.4 Å². The molecule has 1 amide bonds. The van der Waals surface area contributed by atoms with Crippen molar-refractivity contribution < 1.29 is 9.32 Å². The predicted octanol–water partition coefficient (Wildman–Crippen LogP) is 2.60. The quantitative estimate of drug-likeness (QED) is 0.879. The minimum absolute atomic E-state index is 0. The van der Waals surface area contributed by atoms with Crippen molar-refractivity contribution >= 4 is 29.9 Å². The van der Waals surface area contributed by atoms with E-state index in [1.165, 1.54) is 0 Å². The van der Waals surface area contributed by atoms with Gasteiger partial charge in [-0.25, -0.2) is 0 Å². The van der Waals surface area contributed by atoms with Crippen molar-refractivity contribution in [3.05, 3.63) is 35.1 Å². The van der Waals surface area contributed by atoms with Crippen LogP contribution in [0.25, 0.3) is 11.5 Å². The molecule has 2 aromatic rings. The Bertz CT molecular complexity index is 654. The fraction of sp³-hybridized carbons (Fsp3) is 0.400. The number of aromatic nitrogens is 2. The van der Waals surface area contributed by atoms with Gasteiger partial charge in [-0.05, 0) is 44.2 Å². The molecule has 0 bridgehead atoms. The number of halogens is 2. The topological polar surface area (TPSA) is 80.0 Å². The molecular weight excluding hydrogens is 339 g/mol. The van der Waals surface area contributed by atoms with Crippen LogP contribution in [0.2, 0.25) is 5.02 Å². The van der Waals surface area contributed by atoms with Crippen LogP contribution in [-0.4, -0.2) is 29.1 Å². The Balaban J connectivity index is 0.00000192. The lowest BCUT2D eigenvalue weighted by molar-refractivity contribution is -0.125. The van der Waals surface area contributed by atoms with Crippen LogP contribution in [-0.2, 0) is 4.79 Å². The van der Waals surface area contributed by atoms with E-state index in [-0.39, 0.29) is 30.3 Å². The maximum Gasteiger partial charge on any atom is 0.257 e. The lowest BCUT2D eigenvalue weighted by atomic mass is 10.1. The number of nitrogens with one attached hydrogen (secondary N) is 2. The number of benzene rings is 1. The predicted molar refractivity (Wildman–Crippen MR) is 89.5 cm³/mol. The maximum absolute atomic E-state index is 12.1. The number of carbonyl (C=O) groups is 1. The second-order valence-electron chi connectivity index (χ2n) is 5.38. The number of hydrogen-bond donors (Lipinski definition) is 2. The van der Waals surface area contributed by atoms with Gasteiger partial charge < -0.3 is 15.2 Å². The number of amides is 1. The van der Waals surface area contributed by atoms with Crippen molar-refractivity contribution in [1.29, 1.82) is 0 Å². The highest BCUT2D eigenvalue weighted by molar-refractivity contribution is 6.30. The number of rotatable bonds is 4. The van der Waals surface area contributed by atoms with E-state index in [0.717, 1.165) is 25.1 Å². The van der Waals surface area contributed by atoms with Gasteiger partial charge in [0.05, 0.1) is 12.0 Å². The Morgan fingerprint density at radius 2 is 2.17 bits per heavy atom. The summed E-state index contributed by atoms with van der Waals surface area (Å²) in [4.78, 5) is 16.4. The molecule has 23 heavy (non-hydrogen) atoms. The highest BCUT2D eigenvalue weighted by Gasteiger charge is 2.25. The van der Waals surface area contributed by atoms with Gasteiger partial charge in [0.15, 0.2) is 5.82 Å². The van der Waals surface area contributed by atoms with Gasteiger partial charge in [-0.3, -0.25) is 4.79 Å². The van der Waals surface area contributed by atoms with E-state index in [9.17, 15) is 4.79 Å². The van der Waals surface area contributed by atoms with Crippen LogP contribution >= 0.6 is 24.0 Å². The molecule has 2 N–H and O–H groups in total. The average molecular weight is 357 g/mol. The standard InChI is InChI=1S/C15H17ClN4O2.ClH/c1-9(18-14(21)11-6-7-17-8-11)13-19-15(22-20-13)10-2-4-12(16)5-3-10;/h2-5,9,11,17H,6-8H2,1H3,(H,18,21);1H. The lowest BCUT2D eigenvalue weighted by Gasteiger charge is -2.13. The number of carbonyl (C=O) groups excluding carboxylic acids is 1. The normalized spacial score (nSPS) is 18.3. The first-order chi connectivity index (χ1) is 10.6. The molecule has 2 unspecified atom stereocenters. The Kier molecular flexibility index (Phi) is 5.98. The number of hydrogen-bond acceptors (Lipinski definition) is 5. The fourth-order valence-corrected chi connectivity index (χ4v) is 2.52. The molecule has 1 saturated heterocycles. The summed E-state index contributed by atoms with van der Waals surface area (Å²) in [7, 11) is 0. The van der Waals surface area contributed by atoms with Crippen molar-refractivity contribution in [2.45, 2.75) is 19.4 Å². The summed E-state index contributed by atoms with van der Waals surface area (Å²) in [6.45, 7) is 3.45. The van der Waals surface area contributed by atoms with E-state index in [1.807, 2.05) is 19.1 Å². The Labute approximate surface area is 145 Å². The molecule has 124 valence electrons. The zero-order chi connectivity index (χ0) is 15.5. The summed E-state index contributed by atoms with van der Waals surface area (Å²) in [6.07, 6.45) is 0.862. The average Bonchev–Trinajstić information content (AvgIpc) is 3.20. The molecular formula is C15H18Cl2N4O2. The third kappa shape index (κ3) is 4.22.